The van der Waals surface area contributed by atoms with Crippen LogP contribution in [-0.2, 0) is 52.8 Å². The number of hydrogen-bond donors (Lipinski definition) is 11. The molecule has 0 saturated carbocycles. The fourth-order valence-corrected chi connectivity index (χ4v) is 8.53. The van der Waals surface area contributed by atoms with Crippen LogP contribution >= 0.6 is 0 Å². The number of imidazole rings is 1. The summed E-state index contributed by atoms with van der Waals surface area (Å²) in [7, 11) is 0. The molecule has 22 nitrogen and oxygen atoms in total. The van der Waals surface area contributed by atoms with Crippen LogP contribution in [0.1, 0.15) is 55.3 Å². The number of aliphatic imine (C=N–C) groups is 1. The molecule has 0 radical (unpaired) electrons. The van der Waals surface area contributed by atoms with Crippen molar-refractivity contribution in [3.05, 3.63) is 102 Å². The fourth-order valence-electron chi connectivity index (χ4n) is 8.53. The molecule has 2 fully saturated rings. The summed E-state index contributed by atoms with van der Waals surface area (Å²) in [6.45, 7) is 0.188. The van der Waals surface area contributed by atoms with Crippen molar-refractivity contribution >= 4 is 75.0 Å². The van der Waals surface area contributed by atoms with Crippen LogP contribution in [0, 0.1) is 0 Å². The van der Waals surface area contributed by atoms with Crippen LogP contribution in [0.25, 0.3) is 21.7 Å². The second kappa shape index (κ2) is 22.5. The maximum Gasteiger partial charge on any atom is 0.325 e. The van der Waals surface area contributed by atoms with E-state index in [-0.39, 0.29) is 57.6 Å². The van der Waals surface area contributed by atoms with Gasteiger partial charge in [-0.2, -0.15) is 0 Å². The van der Waals surface area contributed by atoms with E-state index in [0.29, 0.717) is 29.7 Å². The largest absolute Gasteiger partial charge is 0.370 e. The van der Waals surface area contributed by atoms with Gasteiger partial charge in [0, 0.05) is 61.3 Å². The van der Waals surface area contributed by atoms with Gasteiger partial charge in [-0.1, -0.05) is 60.7 Å². The highest BCUT2D eigenvalue weighted by atomic mass is 16.2. The molecule has 2 aliphatic heterocycles. The number of H-pyrrole nitrogens is 2. The maximum atomic E-state index is 14.8. The Bertz CT molecular complexity index is 2730. The first kappa shape index (κ1) is 48.6. The summed E-state index contributed by atoms with van der Waals surface area (Å²) < 4.78 is 0. The molecule has 0 aliphatic carbocycles. The predicted octanol–water partition coefficient (Wildman–Crippen LogP) is -0.471. The number of carbonyl (C=O) groups excluding carboxylic acids is 8. The number of nitrogens with two attached hydrogens (primary N) is 3. The number of benzene rings is 3. The van der Waals surface area contributed by atoms with E-state index < -0.39 is 90.1 Å². The number of imide groups is 1. The number of nitrogens with one attached hydrogen (secondary N) is 8. The first-order chi connectivity index (χ1) is 33.2. The Labute approximate surface area is 395 Å². The van der Waals surface area contributed by atoms with Crippen molar-refractivity contribution in [2.75, 3.05) is 13.1 Å². The Morgan fingerprint density at radius 3 is 2.22 bits per heavy atom. The van der Waals surface area contributed by atoms with Crippen molar-refractivity contribution in [1.82, 2.24) is 51.8 Å². The molecule has 3 aromatic carbocycles. The van der Waals surface area contributed by atoms with Crippen LogP contribution in [-0.4, -0.2) is 123 Å². The van der Waals surface area contributed by atoms with Gasteiger partial charge in [-0.05, 0) is 60.1 Å². The van der Waals surface area contributed by atoms with Crippen molar-refractivity contribution in [2.24, 2.45) is 22.2 Å². The van der Waals surface area contributed by atoms with Crippen LogP contribution in [0.15, 0.2) is 90.4 Å². The van der Waals surface area contributed by atoms with Gasteiger partial charge in [-0.25, -0.2) is 14.7 Å². The van der Waals surface area contributed by atoms with Gasteiger partial charge in [0.15, 0.2) is 5.96 Å². The molecule has 0 unspecified atom stereocenters. The van der Waals surface area contributed by atoms with E-state index in [1.165, 1.54) is 12.5 Å². The van der Waals surface area contributed by atoms with Gasteiger partial charge in [0.2, 0.25) is 35.4 Å². The standard InChI is InChI=1S/C47H56N14O8/c48-40(63)33-12-5-6-16-52-39(62)22-37-45(68)61(47(69)60-37)38(21-30-24-51-25-55-30)44(67)59-35(19-26-14-15-27-8-1-2-9-28(27)18-26)42(65)57-34(13-7-17-53-46(49)50)41(64)58-36(43(66)56-33)20-29-23-54-32-11-4-3-10-31(29)32/h1-4,8-11,14-15,18,23-25,33-38,54H,5-7,12-13,16-17,19-22H2,(H2,48,63)(H,51,55)(H,52,62)(H,56,66)(H,57,65)(H,58,64)(H,59,67)(H,60,69)(H4,49,50,53)/t33-,34-,35-,36+,37+,38+/m1/s1. The van der Waals surface area contributed by atoms with Crippen molar-refractivity contribution in [3.8, 4) is 0 Å². The Balaban J connectivity index is 1.26. The molecule has 2 saturated heterocycles. The van der Waals surface area contributed by atoms with Crippen molar-refractivity contribution in [3.63, 3.8) is 0 Å². The number of nitrogens with zero attached hydrogens (tertiary/aromatic N) is 3. The van der Waals surface area contributed by atoms with E-state index in [1.807, 2.05) is 60.7 Å². The lowest BCUT2D eigenvalue weighted by molar-refractivity contribution is -0.138. The number of carbonyl (C=O) groups is 8. The first-order valence-electron chi connectivity index (χ1n) is 22.7. The molecule has 0 spiro atoms. The third-order valence-electron chi connectivity index (χ3n) is 12.1. The van der Waals surface area contributed by atoms with Crippen molar-refractivity contribution in [2.45, 2.75) is 94.0 Å². The summed E-state index contributed by atoms with van der Waals surface area (Å²) in [5, 5.41) is 18.8. The second-order valence-electron chi connectivity index (χ2n) is 17.1. The van der Waals surface area contributed by atoms with Gasteiger partial charge < -0.3 is 59.1 Å². The van der Waals surface area contributed by atoms with Crippen LogP contribution in [0.4, 0.5) is 4.79 Å². The monoisotopic (exact) mass is 944 g/mol. The molecule has 14 N–H and O–H groups in total. The van der Waals surface area contributed by atoms with Crippen LogP contribution in [0.5, 0.6) is 0 Å². The molecule has 5 aromatic rings. The normalized spacial score (nSPS) is 22.5. The van der Waals surface area contributed by atoms with Crippen molar-refractivity contribution < 1.29 is 38.4 Å². The Morgan fingerprint density at radius 1 is 0.739 bits per heavy atom. The molecule has 9 amide bonds. The number of primary amides is 1. The number of aromatic nitrogens is 3. The summed E-state index contributed by atoms with van der Waals surface area (Å²) in [5.41, 5.74) is 19.4. The highest BCUT2D eigenvalue weighted by molar-refractivity contribution is 6.09. The second-order valence-corrected chi connectivity index (χ2v) is 17.1. The maximum absolute atomic E-state index is 14.8. The Morgan fingerprint density at radius 2 is 1.45 bits per heavy atom. The van der Waals surface area contributed by atoms with E-state index >= 15 is 0 Å². The smallest absolute Gasteiger partial charge is 0.325 e. The lowest BCUT2D eigenvalue weighted by Gasteiger charge is -2.28. The molecule has 69 heavy (non-hydrogen) atoms. The minimum Gasteiger partial charge on any atom is -0.370 e. The third kappa shape index (κ3) is 12.6. The van der Waals surface area contributed by atoms with E-state index in [0.717, 1.165) is 26.6 Å². The highest BCUT2D eigenvalue weighted by Gasteiger charge is 2.46. The molecule has 22 heteroatoms. The Kier molecular flexibility index (Phi) is 15.8. The average Bonchev–Trinajstić information content (AvgIpc) is 4.06. The number of hydrogen-bond acceptors (Lipinski definition) is 10. The predicted molar refractivity (Wildman–Crippen MR) is 253 cm³/mol. The zero-order valence-corrected chi connectivity index (χ0v) is 37.7. The summed E-state index contributed by atoms with van der Waals surface area (Å²) in [6.07, 6.45) is 4.51. The van der Waals surface area contributed by atoms with E-state index in [2.05, 4.69) is 51.8 Å². The van der Waals surface area contributed by atoms with Crippen molar-refractivity contribution in [1.29, 1.82) is 0 Å². The van der Waals surface area contributed by atoms with E-state index in [1.54, 1.807) is 12.3 Å². The van der Waals surface area contributed by atoms with Gasteiger partial charge >= 0.3 is 6.03 Å². The van der Waals surface area contributed by atoms with E-state index in [9.17, 15) is 38.4 Å². The molecule has 7 rings (SSSR count). The first-order valence-corrected chi connectivity index (χ1v) is 22.7. The quantitative estimate of drug-likeness (QED) is 0.0348. The molecule has 2 bridgehead atoms. The SMILES string of the molecule is NC(=O)[C@H]1CCCCNC(=O)C[C@@H]2NC(=O)N(C2=O)[C@@H](Cc2cnc[nH]2)C(=O)N[C@H](Cc2ccc3ccccc3c2)C(=O)N[C@H](CCCN=C(N)N)C(=O)N[C@@H](Cc2c[nH]c3ccccc23)C(=O)N1. The number of guanidine groups is 1. The number of fused-ring (bicyclic) bond motifs is 4. The highest BCUT2D eigenvalue weighted by Crippen LogP contribution is 2.22. The van der Waals surface area contributed by atoms with Gasteiger partial charge in [0.1, 0.15) is 36.3 Å². The summed E-state index contributed by atoms with van der Waals surface area (Å²) in [4.78, 5) is 127. The number of para-hydroxylation sites is 1. The third-order valence-corrected chi connectivity index (χ3v) is 12.1. The molecule has 6 atom stereocenters. The topological polar surface area (TPSA) is 347 Å². The molecule has 4 heterocycles. The van der Waals surface area contributed by atoms with Crippen LogP contribution in [0.3, 0.4) is 0 Å². The number of amides is 9. The minimum atomic E-state index is -1.54. The minimum absolute atomic E-state index is 0.0457. The fraction of sp³-hybridized carbons (Fsp3) is 0.362. The lowest BCUT2D eigenvalue weighted by atomic mass is 9.99. The van der Waals surface area contributed by atoms with Gasteiger partial charge in [0.05, 0.1) is 12.7 Å². The molecular formula is C47H56N14O8. The molecule has 2 aromatic heterocycles. The lowest BCUT2D eigenvalue weighted by Crippen LogP contribution is -2.60. The van der Waals surface area contributed by atoms with Crippen LogP contribution < -0.4 is 49.1 Å². The Hall–Kier alpha value is -8.30. The van der Waals surface area contributed by atoms with Crippen LogP contribution in [0.2, 0.25) is 0 Å². The summed E-state index contributed by atoms with van der Waals surface area (Å²) in [6, 6.07) is 11.3. The molecule has 2 aliphatic rings. The molecular weight excluding hydrogens is 889 g/mol. The number of aromatic amines is 2. The van der Waals surface area contributed by atoms with Gasteiger partial charge in [-0.3, -0.25) is 38.6 Å². The van der Waals surface area contributed by atoms with Gasteiger partial charge in [0.25, 0.3) is 5.91 Å². The number of urea groups is 1. The molecule has 362 valence electrons. The average molecular weight is 945 g/mol. The zero-order valence-electron chi connectivity index (χ0n) is 37.7. The van der Waals surface area contributed by atoms with Gasteiger partial charge in [-0.15, -0.1) is 0 Å². The zero-order chi connectivity index (χ0) is 49.0. The van der Waals surface area contributed by atoms with E-state index in [4.69, 9.17) is 17.2 Å². The number of rotatable bonds is 11. The summed E-state index contributed by atoms with van der Waals surface area (Å²) in [5.74, 6) is -5.66. The summed E-state index contributed by atoms with van der Waals surface area (Å²) >= 11 is 0.